The van der Waals surface area contributed by atoms with Crippen LogP contribution < -0.4 is 10.1 Å². The Hall–Kier alpha value is -1.55. The van der Waals surface area contributed by atoms with E-state index in [1.54, 1.807) is 0 Å². The first kappa shape index (κ1) is 17.8. The summed E-state index contributed by atoms with van der Waals surface area (Å²) < 4.78 is 5.87. The molecule has 0 aliphatic carbocycles. The minimum Gasteiger partial charge on any atom is -0.493 e. The second-order valence-electron chi connectivity index (χ2n) is 6.71. The van der Waals surface area contributed by atoms with Gasteiger partial charge in [0.05, 0.1) is 13.0 Å². The Bertz CT molecular complexity index is 540. The number of carbonyl (C=O) groups is 1. The van der Waals surface area contributed by atoms with Gasteiger partial charge in [-0.2, -0.15) is 0 Å². The van der Waals surface area contributed by atoms with Gasteiger partial charge in [-0.3, -0.25) is 4.79 Å². The lowest BCUT2D eigenvalue weighted by molar-refractivity contribution is -0.133. The van der Waals surface area contributed by atoms with Crippen LogP contribution in [-0.4, -0.2) is 44.1 Å². The Morgan fingerprint density at radius 3 is 2.87 bits per heavy atom. The van der Waals surface area contributed by atoms with Gasteiger partial charge in [0, 0.05) is 13.1 Å². The SMILES string of the molecule is CNCC1CCCN(C(=O)CCOc2cc(C)cc(C)c2C)C1. The van der Waals surface area contributed by atoms with Gasteiger partial charge < -0.3 is 15.0 Å². The zero-order valence-corrected chi connectivity index (χ0v) is 14.9. The molecule has 0 bridgehead atoms. The molecule has 1 N–H and O–H groups in total. The van der Waals surface area contributed by atoms with Crippen molar-refractivity contribution in [3.8, 4) is 5.75 Å². The molecular formula is C19H30N2O2. The van der Waals surface area contributed by atoms with Crippen LogP contribution in [0.3, 0.4) is 0 Å². The molecule has 2 rings (SSSR count). The number of nitrogens with zero attached hydrogens (tertiary/aromatic N) is 1. The Morgan fingerprint density at radius 1 is 1.35 bits per heavy atom. The molecule has 1 aromatic carbocycles. The number of carbonyl (C=O) groups excluding carboxylic acids is 1. The lowest BCUT2D eigenvalue weighted by Gasteiger charge is -2.32. The fourth-order valence-corrected chi connectivity index (χ4v) is 3.30. The number of nitrogens with one attached hydrogen (secondary N) is 1. The summed E-state index contributed by atoms with van der Waals surface area (Å²) in [6.45, 7) is 9.44. The molecule has 1 unspecified atom stereocenters. The van der Waals surface area contributed by atoms with Gasteiger partial charge in [0.2, 0.25) is 5.91 Å². The summed E-state index contributed by atoms with van der Waals surface area (Å²) in [5.74, 6) is 1.70. The molecule has 1 aliphatic rings. The van der Waals surface area contributed by atoms with E-state index in [4.69, 9.17) is 4.74 Å². The molecule has 0 radical (unpaired) electrons. The van der Waals surface area contributed by atoms with Gasteiger partial charge in [-0.25, -0.2) is 0 Å². The van der Waals surface area contributed by atoms with E-state index in [9.17, 15) is 4.79 Å². The first-order valence-corrected chi connectivity index (χ1v) is 8.64. The van der Waals surface area contributed by atoms with Crippen LogP contribution in [0.5, 0.6) is 5.75 Å². The largest absolute Gasteiger partial charge is 0.493 e. The average Bonchev–Trinajstić information content (AvgIpc) is 2.52. The molecule has 4 nitrogen and oxygen atoms in total. The van der Waals surface area contributed by atoms with Crippen LogP contribution in [-0.2, 0) is 4.79 Å². The third kappa shape index (κ3) is 4.96. The van der Waals surface area contributed by atoms with E-state index in [2.05, 4.69) is 38.2 Å². The van der Waals surface area contributed by atoms with Crippen LogP contribution >= 0.6 is 0 Å². The van der Waals surface area contributed by atoms with Crippen molar-refractivity contribution in [2.75, 3.05) is 33.3 Å². The van der Waals surface area contributed by atoms with Crippen molar-refractivity contribution in [3.63, 3.8) is 0 Å². The maximum absolute atomic E-state index is 12.4. The fraction of sp³-hybridized carbons (Fsp3) is 0.632. The smallest absolute Gasteiger partial charge is 0.226 e. The van der Waals surface area contributed by atoms with Crippen molar-refractivity contribution < 1.29 is 9.53 Å². The quantitative estimate of drug-likeness (QED) is 0.877. The number of ether oxygens (including phenoxy) is 1. The Labute approximate surface area is 140 Å². The second kappa shape index (κ2) is 8.34. The average molecular weight is 318 g/mol. The first-order valence-electron chi connectivity index (χ1n) is 8.64. The van der Waals surface area contributed by atoms with Gasteiger partial charge >= 0.3 is 0 Å². The molecule has 0 aromatic heterocycles. The van der Waals surface area contributed by atoms with Crippen molar-refractivity contribution in [2.45, 2.75) is 40.0 Å². The predicted molar refractivity (Wildman–Crippen MR) is 94.0 cm³/mol. The van der Waals surface area contributed by atoms with Crippen LogP contribution in [0.15, 0.2) is 12.1 Å². The van der Waals surface area contributed by atoms with Gasteiger partial charge in [0.15, 0.2) is 0 Å². The summed E-state index contributed by atoms with van der Waals surface area (Å²) in [6.07, 6.45) is 2.77. The minimum absolute atomic E-state index is 0.216. The highest BCUT2D eigenvalue weighted by Gasteiger charge is 2.22. The van der Waals surface area contributed by atoms with Crippen molar-refractivity contribution in [3.05, 3.63) is 28.8 Å². The highest BCUT2D eigenvalue weighted by atomic mass is 16.5. The van der Waals surface area contributed by atoms with Crippen molar-refractivity contribution in [1.29, 1.82) is 0 Å². The third-order valence-corrected chi connectivity index (χ3v) is 4.70. The van der Waals surface area contributed by atoms with Crippen LogP contribution in [0.25, 0.3) is 0 Å². The summed E-state index contributed by atoms with van der Waals surface area (Å²) in [4.78, 5) is 14.4. The van der Waals surface area contributed by atoms with Gasteiger partial charge in [-0.05, 0) is 75.9 Å². The van der Waals surface area contributed by atoms with Crippen LogP contribution in [0, 0.1) is 26.7 Å². The van der Waals surface area contributed by atoms with Crippen LogP contribution in [0.1, 0.15) is 36.0 Å². The third-order valence-electron chi connectivity index (χ3n) is 4.70. The Balaban J connectivity index is 1.83. The van der Waals surface area contributed by atoms with E-state index >= 15 is 0 Å². The Morgan fingerprint density at radius 2 is 2.13 bits per heavy atom. The molecule has 1 saturated heterocycles. The predicted octanol–water partition coefficient (Wildman–Crippen LogP) is 2.84. The number of benzene rings is 1. The molecule has 0 saturated carbocycles. The molecule has 0 spiro atoms. The highest BCUT2D eigenvalue weighted by molar-refractivity contribution is 5.76. The second-order valence-corrected chi connectivity index (χ2v) is 6.71. The molecule has 1 fully saturated rings. The molecule has 23 heavy (non-hydrogen) atoms. The van der Waals surface area contributed by atoms with Gasteiger partial charge in [-0.1, -0.05) is 6.07 Å². The summed E-state index contributed by atoms with van der Waals surface area (Å²) in [5.41, 5.74) is 3.59. The number of piperidine rings is 1. The zero-order valence-electron chi connectivity index (χ0n) is 14.9. The monoisotopic (exact) mass is 318 g/mol. The number of amides is 1. The van der Waals surface area contributed by atoms with Crippen molar-refractivity contribution in [2.24, 2.45) is 5.92 Å². The lowest BCUT2D eigenvalue weighted by Crippen LogP contribution is -2.42. The summed E-state index contributed by atoms with van der Waals surface area (Å²) in [6, 6.07) is 4.21. The minimum atomic E-state index is 0.216. The van der Waals surface area contributed by atoms with E-state index in [1.165, 1.54) is 17.5 Å². The maximum atomic E-state index is 12.4. The molecule has 1 heterocycles. The number of hydrogen-bond acceptors (Lipinski definition) is 3. The normalized spacial score (nSPS) is 18.1. The van der Waals surface area contributed by atoms with Crippen molar-refractivity contribution >= 4 is 5.91 Å². The molecular weight excluding hydrogens is 288 g/mol. The lowest BCUT2D eigenvalue weighted by atomic mass is 9.98. The van der Waals surface area contributed by atoms with Crippen molar-refractivity contribution in [1.82, 2.24) is 10.2 Å². The van der Waals surface area contributed by atoms with Crippen LogP contribution in [0.4, 0.5) is 0 Å². The molecule has 1 atom stereocenters. The summed E-state index contributed by atoms with van der Waals surface area (Å²) in [7, 11) is 1.97. The molecule has 1 aromatic rings. The van der Waals surface area contributed by atoms with E-state index in [0.717, 1.165) is 37.4 Å². The van der Waals surface area contributed by atoms with Gasteiger partial charge in [-0.15, -0.1) is 0 Å². The maximum Gasteiger partial charge on any atom is 0.226 e. The number of aryl methyl sites for hydroxylation is 2. The molecule has 1 amide bonds. The van der Waals surface area contributed by atoms with Gasteiger partial charge in [0.1, 0.15) is 5.75 Å². The number of rotatable bonds is 6. The number of hydrogen-bond donors (Lipinski definition) is 1. The summed E-state index contributed by atoms with van der Waals surface area (Å²) in [5, 5.41) is 3.22. The Kier molecular flexibility index (Phi) is 6.46. The van der Waals surface area contributed by atoms with Gasteiger partial charge in [0.25, 0.3) is 0 Å². The summed E-state index contributed by atoms with van der Waals surface area (Å²) >= 11 is 0. The van der Waals surface area contributed by atoms with E-state index in [1.807, 2.05) is 11.9 Å². The van der Waals surface area contributed by atoms with Crippen LogP contribution in [0.2, 0.25) is 0 Å². The highest BCUT2D eigenvalue weighted by Crippen LogP contribution is 2.23. The van der Waals surface area contributed by atoms with E-state index in [-0.39, 0.29) is 5.91 Å². The molecule has 128 valence electrons. The molecule has 1 aliphatic heterocycles. The topological polar surface area (TPSA) is 41.6 Å². The molecule has 4 heteroatoms. The first-order chi connectivity index (χ1) is 11.0. The van der Waals surface area contributed by atoms with E-state index in [0.29, 0.717) is 18.9 Å². The standard InChI is InChI=1S/C19H30N2O2/c1-14-10-15(2)16(3)18(11-14)23-9-7-19(22)21-8-5-6-17(13-21)12-20-4/h10-11,17,20H,5-9,12-13H2,1-4H3. The zero-order chi connectivity index (χ0) is 16.8. The fourth-order valence-electron chi connectivity index (χ4n) is 3.30. The number of likely N-dealkylation sites (tertiary alicyclic amines) is 1. The van der Waals surface area contributed by atoms with E-state index < -0.39 is 0 Å².